The van der Waals surface area contributed by atoms with Crippen molar-refractivity contribution < 1.29 is 10.2 Å². The fourth-order valence-corrected chi connectivity index (χ4v) is 1.72. The van der Waals surface area contributed by atoms with Crippen LogP contribution >= 0.6 is 0 Å². The molecule has 2 aromatic carbocycles. The van der Waals surface area contributed by atoms with Crippen LogP contribution in [-0.2, 0) is 0 Å². The molecule has 0 fully saturated rings. The molecule has 72 valence electrons. The van der Waals surface area contributed by atoms with E-state index in [1.54, 1.807) is 13.0 Å². The molecule has 0 aliphatic heterocycles. The van der Waals surface area contributed by atoms with Crippen LogP contribution < -0.4 is 0 Å². The number of fused-ring (bicyclic) bond motifs is 1. The highest BCUT2D eigenvalue weighted by molar-refractivity contribution is 5.87. The van der Waals surface area contributed by atoms with Gasteiger partial charge in [-0.05, 0) is 23.8 Å². The van der Waals surface area contributed by atoms with Crippen molar-refractivity contribution in [1.29, 1.82) is 0 Å². The SMILES string of the molecule is C[C@H](O)c1c(O)ccc2ccccc12. The lowest BCUT2D eigenvalue weighted by molar-refractivity contribution is 0.196. The third kappa shape index (κ3) is 1.34. The zero-order chi connectivity index (χ0) is 10.1. The first-order chi connectivity index (χ1) is 6.70. The Morgan fingerprint density at radius 1 is 1.07 bits per heavy atom. The van der Waals surface area contributed by atoms with Crippen molar-refractivity contribution in [3.63, 3.8) is 0 Å². The van der Waals surface area contributed by atoms with Crippen molar-refractivity contribution in [2.75, 3.05) is 0 Å². The van der Waals surface area contributed by atoms with Gasteiger partial charge in [0.2, 0.25) is 0 Å². The van der Waals surface area contributed by atoms with Crippen LogP contribution in [0.2, 0.25) is 0 Å². The minimum atomic E-state index is -0.652. The van der Waals surface area contributed by atoms with Gasteiger partial charge in [0.1, 0.15) is 5.75 Å². The Morgan fingerprint density at radius 3 is 2.50 bits per heavy atom. The Labute approximate surface area is 82.4 Å². The fourth-order valence-electron chi connectivity index (χ4n) is 1.72. The first-order valence-electron chi connectivity index (χ1n) is 4.59. The summed E-state index contributed by atoms with van der Waals surface area (Å²) in [5, 5.41) is 21.1. The smallest absolute Gasteiger partial charge is 0.122 e. The van der Waals surface area contributed by atoms with Crippen molar-refractivity contribution in [3.05, 3.63) is 42.0 Å². The van der Waals surface area contributed by atoms with E-state index in [0.29, 0.717) is 5.56 Å². The molecule has 2 aromatic rings. The Hall–Kier alpha value is -1.54. The maximum absolute atomic E-state index is 9.62. The van der Waals surface area contributed by atoms with Crippen molar-refractivity contribution in [2.45, 2.75) is 13.0 Å². The van der Waals surface area contributed by atoms with Crippen LogP contribution in [0.15, 0.2) is 36.4 Å². The first-order valence-corrected chi connectivity index (χ1v) is 4.59. The molecule has 0 spiro atoms. The molecule has 0 amide bonds. The number of benzene rings is 2. The van der Waals surface area contributed by atoms with Crippen LogP contribution in [-0.4, -0.2) is 10.2 Å². The second kappa shape index (κ2) is 3.31. The molecule has 0 aromatic heterocycles. The van der Waals surface area contributed by atoms with Gasteiger partial charge in [-0.25, -0.2) is 0 Å². The van der Waals surface area contributed by atoms with Crippen LogP contribution in [0.1, 0.15) is 18.6 Å². The van der Waals surface area contributed by atoms with Gasteiger partial charge < -0.3 is 10.2 Å². The molecule has 1 atom stereocenters. The molecule has 0 unspecified atom stereocenters. The molecule has 0 bridgehead atoms. The zero-order valence-electron chi connectivity index (χ0n) is 7.94. The molecule has 0 heterocycles. The van der Waals surface area contributed by atoms with E-state index < -0.39 is 6.10 Å². The predicted octanol–water partition coefficient (Wildman–Crippen LogP) is 2.60. The van der Waals surface area contributed by atoms with E-state index in [1.807, 2.05) is 30.3 Å². The van der Waals surface area contributed by atoms with Crippen LogP contribution in [0.3, 0.4) is 0 Å². The third-order valence-electron chi connectivity index (χ3n) is 2.37. The van der Waals surface area contributed by atoms with Crippen LogP contribution in [0, 0.1) is 0 Å². The summed E-state index contributed by atoms with van der Waals surface area (Å²) in [5.74, 6) is 0.152. The monoisotopic (exact) mass is 188 g/mol. The van der Waals surface area contributed by atoms with Gasteiger partial charge in [-0.1, -0.05) is 30.3 Å². The van der Waals surface area contributed by atoms with E-state index in [9.17, 15) is 10.2 Å². The van der Waals surface area contributed by atoms with Crippen molar-refractivity contribution in [2.24, 2.45) is 0 Å². The minimum absolute atomic E-state index is 0.152. The summed E-state index contributed by atoms with van der Waals surface area (Å²) < 4.78 is 0. The summed E-state index contributed by atoms with van der Waals surface area (Å²) in [4.78, 5) is 0. The lowest BCUT2D eigenvalue weighted by Gasteiger charge is -2.11. The second-order valence-corrected chi connectivity index (χ2v) is 3.40. The van der Waals surface area contributed by atoms with Gasteiger partial charge in [-0.15, -0.1) is 0 Å². The summed E-state index contributed by atoms with van der Waals surface area (Å²) in [6, 6.07) is 11.2. The molecule has 2 N–H and O–H groups in total. The molecule has 2 rings (SSSR count). The lowest BCUT2D eigenvalue weighted by Crippen LogP contribution is -1.93. The molecule has 14 heavy (non-hydrogen) atoms. The van der Waals surface area contributed by atoms with E-state index in [-0.39, 0.29) is 5.75 Å². The van der Waals surface area contributed by atoms with E-state index in [1.165, 1.54) is 0 Å². The molecule has 0 radical (unpaired) electrons. The van der Waals surface area contributed by atoms with Crippen LogP contribution in [0.5, 0.6) is 5.75 Å². The summed E-state index contributed by atoms with van der Waals surface area (Å²) in [6.07, 6.45) is -0.652. The van der Waals surface area contributed by atoms with E-state index in [2.05, 4.69) is 0 Å². The van der Waals surface area contributed by atoms with Crippen molar-refractivity contribution in [3.8, 4) is 5.75 Å². The van der Waals surface area contributed by atoms with Crippen LogP contribution in [0.25, 0.3) is 10.8 Å². The normalized spacial score (nSPS) is 13.0. The summed E-state index contributed by atoms with van der Waals surface area (Å²) in [5.41, 5.74) is 0.600. The maximum Gasteiger partial charge on any atom is 0.122 e. The van der Waals surface area contributed by atoms with E-state index >= 15 is 0 Å². The molecule has 2 heteroatoms. The molecule has 2 nitrogen and oxygen atoms in total. The first kappa shape index (κ1) is 9.03. The number of aromatic hydroxyl groups is 1. The van der Waals surface area contributed by atoms with Crippen LogP contribution in [0.4, 0.5) is 0 Å². The van der Waals surface area contributed by atoms with Gasteiger partial charge in [0.15, 0.2) is 0 Å². The molecular formula is C12H12O2. The molecular weight excluding hydrogens is 176 g/mol. The fraction of sp³-hybridized carbons (Fsp3) is 0.167. The highest BCUT2D eigenvalue weighted by Crippen LogP contribution is 2.31. The van der Waals surface area contributed by atoms with Crippen molar-refractivity contribution in [1.82, 2.24) is 0 Å². The van der Waals surface area contributed by atoms with Gasteiger partial charge in [-0.2, -0.15) is 0 Å². The van der Waals surface area contributed by atoms with E-state index in [4.69, 9.17) is 0 Å². The molecule has 0 aliphatic rings. The zero-order valence-corrected chi connectivity index (χ0v) is 7.94. The van der Waals surface area contributed by atoms with Gasteiger partial charge in [0, 0.05) is 5.56 Å². The standard InChI is InChI=1S/C12H12O2/c1-8(13)12-10-5-3-2-4-9(10)6-7-11(12)14/h2-8,13-14H,1H3/t8-/m0/s1. The Bertz CT molecular complexity index is 461. The minimum Gasteiger partial charge on any atom is -0.508 e. The van der Waals surface area contributed by atoms with Gasteiger partial charge >= 0.3 is 0 Å². The van der Waals surface area contributed by atoms with Gasteiger partial charge in [0.05, 0.1) is 6.10 Å². The summed E-state index contributed by atoms with van der Waals surface area (Å²) in [6.45, 7) is 1.65. The number of phenols is 1. The third-order valence-corrected chi connectivity index (χ3v) is 2.37. The Kier molecular flexibility index (Phi) is 2.14. The average Bonchev–Trinajstić information content (AvgIpc) is 2.17. The predicted molar refractivity (Wildman–Crippen MR) is 56.2 cm³/mol. The number of aliphatic hydroxyl groups excluding tert-OH is 1. The lowest BCUT2D eigenvalue weighted by atomic mass is 10.0. The highest BCUT2D eigenvalue weighted by atomic mass is 16.3. The quantitative estimate of drug-likeness (QED) is 0.722. The maximum atomic E-state index is 9.62. The topological polar surface area (TPSA) is 40.5 Å². The molecule has 0 saturated carbocycles. The van der Waals surface area contributed by atoms with E-state index in [0.717, 1.165) is 10.8 Å². The van der Waals surface area contributed by atoms with Gasteiger partial charge in [0.25, 0.3) is 0 Å². The summed E-state index contributed by atoms with van der Waals surface area (Å²) in [7, 11) is 0. The van der Waals surface area contributed by atoms with Gasteiger partial charge in [-0.3, -0.25) is 0 Å². The van der Waals surface area contributed by atoms with Crippen molar-refractivity contribution >= 4 is 10.8 Å². The number of rotatable bonds is 1. The Morgan fingerprint density at radius 2 is 1.79 bits per heavy atom. The highest BCUT2D eigenvalue weighted by Gasteiger charge is 2.10. The largest absolute Gasteiger partial charge is 0.508 e. The average molecular weight is 188 g/mol. The number of hydrogen-bond donors (Lipinski definition) is 2. The summed E-state index contributed by atoms with van der Waals surface area (Å²) >= 11 is 0. The number of hydrogen-bond acceptors (Lipinski definition) is 2. The Balaban J connectivity index is 2.83. The number of aliphatic hydroxyl groups is 1. The molecule has 0 aliphatic carbocycles. The second-order valence-electron chi connectivity index (χ2n) is 3.40. The number of phenolic OH excluding ortho intramolecular Hbond substituents is 1. The molecule has 0 saturated heterocycles.